The summed E-state index contributed by atoms with van der Waals surface area (Å²) in [6, 6.07) is 2.23. The molecule has 0 saturated carbocycles. The number of aromatic nitrogens is 3. The molecule has 1 saturated heterocycles. The number of anilines is 2. The van der Waals surface area contributed by atoms with Crippen LogP contribution in [-0.2, 0) is 18.0 Å². The van der Waals surface area contributed by atoms with E-state index in [1.807, 2.05) is 0 Å². The first-order valence-electron chi connectivity index (χ1n) is 9.30. The number of rotatable bonds is 5. The first-order valence-corrected chi connectivity index (χ1v) is 9.30. The van der Waals surface area contributed by atoms with Gasteiger partial charge in [-0.2, -0.15) is 18.3 Å². The fourth-order valence-electron chi connectivity index (χ4n) is 3.14. The quantitative estimate of drug-likeness (QED) is 0.426. The molecule has 30 heavy (non-hydrogen) atoms. The maximum atomic E-state index is 13.0. The van der Waals surface area contributed by atoms with Crippen molar-refractivity contribution in [1.29, 1.82) is 0 Å². The number of guanidine groups is 1. The lowest BCUT2D eigenvalue weighted by Gasteiger charge is -2.35. The maximum Gasteiger partial charge on any atom is 0.419 e. The number of carbonyl (C=O) groups is 1. The number of nitrogens with zero attached hydrogens (tertiary/aromatic N) is 6. The lowest BCUT2D eigenvalue weighted by molar-refractivity contribution is -0.137. The van der Waals surface area contributed by atoms with E-state index < -0.39 is 11.7 Å². The molecule has 1 aliphatic heterocycles. The molecule has 0 aliphatic carbocycles. The van der Waals surface area contributed by atoms with Crippen molar-refractivity contribution < 1.29 is 18.0 Å². The van der Waals surface area contributed by atoms with E-state index in [0.29, 0.717) is 25.6 Å². The number of carbonyl (C=O) groups excluding carboxylic acids is 1. The lowest BCUT2D eigenvalue weighted by Crippen LogP contribution is -2.55. The molecule has 1 fully saturated rings. The van der Waals surface area contributed by atoms with Gasteiger partial charge >= 0.3 is 6.18 Å². The van der Waals surface area contributed by atoms with E-state index in [0.717, 1.165) is 11.8 Å². The highest BCUT2D eigenvalue weighted by Crippen LogP contribution is 2.33. The van der Waals surface area contributed by atoms with Gasteiger partial charge in [0, 0.05) is 52.7 Å². The zero-order valence-electron chi connectivity index (χ0n) is 16.6. The normalized spacial score (nSPS) is 15.5. The van der Waals surface area contributed by atoms with Crippen LogP contribution in [0.5, 0.6) is 0 Å². The Morgan fingerprint density at radius 1 is 1.30 bits per heavy atom. The molecule has 3 rings (SSSR count). The van der Waals surface area contributed by atoms with Gasteiger partial charge in [0.2, 0.25) is 5.91 Å². The topological polar surface area (TPSA) is 90.7 Å². The minimum atomic E-state index is -4.48. The number of hydrogen-bond acceptors (Lipinski definition) is 5. The monoisotopic (exact) mass is 424 g/mol. The molecule has 1 amide bonds. The van der Waals surface area contributed by atoms with Crippen molar-refractivity contribution in [2.45, 2.75) is 6.18 Å². The van der Waals surface area contributed by atoms with Gasteiger partial charge in [-0.3, -0.25) is 14.5 Å². The minimum absolute atomic E-state index is 0.0846. The fourth-order valence-corrected chi connectivity index (χ4v) is 3.14. The highest BCUT2D eigenvalue weighted by atomic mass is 19.4. The third-order valence-electron chi connectivity index (χ3n) is 4.55. The van der Waals surface area contributed by atoms with Crippen LogP contribution >= 0.6 is 0 Å². The average molecular weight is 424 g/mol. The van der Waals surface area contributed by atoms with Gasteiger partial charge in [-0.05, 0) is 12.1 Å². The van der Waals surface area contributed by atoms with E-state index in [-0.39, 0.29) is 24.8 Å². The zero-order chi connectivity index (χ0) is 21.7. The molecular formula is C18H23F3N8O. The van der Waals surface area contributed by atoms with E-state index in [4.69, 9.17) is 0 Å². The second-order valence-electron chi connectivity index (χ2n) is 6.64. The summed E-state index contributed by atoms with van der Waals surface area (Å²) in [6.07, 6.45) is 0.240. The Morgan fingerprint density at radius 3 is 2.73 bits per heavy atom. The molecule has 2 aromatic rings. The van der Waals surface area contributed by atoms with Gasteiger partial charge in [-0.1, -0.05) is 0 Å². The van der Waals surface area contributed by atoms with E-state index in [1.165, 1.54) is 12.3 Å². The number of aryl methyl sites for hydroxylation is 1. The summed E-state index contributed by atoms with van der Waals surface area (Å²) >= 11 is 0. The molecule has 12 heteroatoms. The van der Waals surface area contributed by atoms with Crippen LogP contribution in [0.25, 0.3) is 0 Å². The Kier molecular flexibility index (Phi) is 6.43. The second-order valence-corrected chi connectivity index (χ2v) is 6.64. The highest BCUT2D eigenvalue weighted by molar-refractivity contribution is 5.98. The van der Waals surface area contributed by atoms with Gasteiger partial charge in [-0.25, -0.2) is 4.98 Å². The van der Waals surface area contributed by atoms with E-state index in [9.17, 15) is 18.0 Å². The standard InChI is InChI=1S/C18H23F3N8O/c1-22-17(25-7-6-24-16-14(18(19,20)21)4-3-5-23-16)28-8-9-29(15(30)12-28)13-10-26-27(2)11-13/h3-5,10-11H,6-9,12H2,1-2H3,(H,22,25)(H,23,24). The number of amides is 1. The highest BCUT2D eigenvalue weighted by Gasteiger charge is 2.34. The van der Waals surface area contributed by atoms with Crippen molar-refractivity contribution in [1.82, 2.24) is 25.0 Å². The Bertz CT molecular complexity index is 911. The zero-order valence-corrected chi connectivity index (χ0v) is 16.6. The summed E-state index contributed by atoms with van der Waals surface area (Å²) in [5, 5.41) is 9.84. The van der Waals surface area contributed by atoms with Crippen molar-refractivity contribution in [2.75, 3.05) is 50.0 Å². The molecule has 0 atom stereocenters. The molecule has 9 nitrogen and oxygen atoms in total. The van der Waals surface area contributed by atoms with Crippen molar-refractivity contribution in [3.63, 3.8) is 0 Å². The Balaban J connectivity index is 1.51. The van der Waals surface area contributed by atoms with Gasteiger partial charge in [0.05, 0.1) is 17.4 Å². The molecule has 0 spiro atoms. The molecule has 3 heterocycles. The van der Waals surface area contributed by atoms with Crippen LogP contribution in [0.1, 0.15) is 5.56 Å². The number of piperazine rings is 1. The third-order valence-corrected chi connectivity index (χ3v) is 4.55. The van der Waals surface area contributed by atoms with Crippen LogP contribution in [0.4, 0.5) is 24.7 Å². The molecule has 1 aliphatic rings. The largest absolute Gasteiger partial charge is 0.419 e. The molecule has 0 bridgehead atoms. The maximum absolute atomic E-state index is 13.0. The van der Waals surface area contributed by atoms with Crippen LogP contribution in [0, 0.1) is 0 Å². The van der Waals surface area contributed by atoms with Crippen LogP contribution in [0.15, 0.2) is 35.7 Å². The summed E-state index contributed by atoms with van der Waals surface area (Å²) in [5.74, 6) is 0.203. The smallest absolute Gasteiger partial charge is 0.368 e. The van der Waals surface area contributed by atoms with Crippen LogP contribution in [0.2, 0.25) is 0 Å². The summed E-state index contributed by atoms with van der Waals surface area (Å²) < 4.78 is 40.7. The molecular weight excluding hydrogens is 401 g/mol. The van der Waals surface area contributed by atoms with Crippen LogP contribution < -0.4 is 15.5 Å². The Morgan fingerprint density at radius 2 is 2.10 bits per heavy atom. The first kappa shape index (κ1) is 21.4. The van der Waals surface area contributed by atoms with Gasteiger partial charge in [0.1, 0.15) is 12.4 Å². The number of hydrogen-bond donors (Lipinski definition) is 2. The van der Waals surface area contributed by atoms with Crippen LogP contribution in [0.3, 0.4) is 0 Å². The number of nitrogens with one attached hydrogen (secondary N) is 2. The van der Waals surface area contributed by atoms with Crippen molar-refractivity contribution in [2.24, 2.45) is 12.0 Å². The van der Waals surface area contributed by atoms with E-state index in [2.05, 4.69) is 25.7 Å². The molecule has 0 unspecified atom stereocenters. The summed E-state index contributed by atoms with van der Waals surface area (Å²) in [6.45, 7) is 1.68. The van der Waals surface area contributed by atoms with Crippen molar-refractivity contribution in [3.8, 4) is 0 Å². The summed E-state index contributed by atoms with van der Waals surface area (Å²) in [5.41, 5.74) is -0.0726. The number of alkyl halides is 3. The lowest BCUT2D eigenvalue weighted by atomic mass is 10.2. The summed E-state index contributed by atoms with van der Waals surface area (Å²) in [7, 11) is 3.38. The molecule has 162 valence electrons. The second kappa shape index (κ2) is 9.01. The predicted octanol–water partition coefficient (Wildman–Crippen LogP) is 1.17. The van der Waals surface area contributed by atoms with Gasteiger partial charge in [0.15, 0.2) is 5.96 Å². The van der Waals surface area contributed by atoms with Gasteiger partial charge in [0.25, 0.3) is 0 Å². The Labute approximate surface area is 171 Å². The number of pyridine rings is 1. The number of halogens is 3. The van der Waals surface area contributed by atoms with E-state index >= 15 is 0 Å². The molecule has 2 aromatic heterocycles. The molecule has 2 N–H and O–H groups in total. The predicted molar refractivity (Wildman–Crippen MR) is 106 cm³/mol. The first-order chi connectivity index (χ1) is 14.3. The van der Waals surface area contributed by atoms with Gasteiger partial charge in [-0.15, -0.1) is 0 Å². The molecule has 0 aromatic carbocycles. The van der Waals surface area contributed by atoms with Crippen molar-refractivity contribution >= 4 is 23.4 Å². The molecule has 0 radical (unpaired) electrons. The Hall–Kier alpha value is -3.31. The summed E-state index contributed by atoms with van der Waals surface area (Å²) in [4.78, 5) is 23.9. The minimum Gasteiger partial charge on any atom is -0.368 e. The van der Waals surface area contributed by atoms with Gasteiger partial charge < -0.3 is 20.4 Å². The number of aliphatic imine (C=N–C) groups is 1. The van der Waals surface area contributed by atoms with Crippen LogP contribution in [-0.4, -0.2) is 71.3 Å². The third kappa shape index (κ3) is 4.99. The van der Waals surface area contributed by atoms with Crippen molar-refractivity contribution in [3.05, 3.63) is 36.3 Å². The van der Waals surface area contributed by atoms with E-state index in [1.54, 1.807) is 41.0 Å². The fraction of sp³-hybridized carbons (Fsp3) is 0.444. The average Bonchev–Trinajstić information content (AvgIpc) is 3.13. The SMILES string of the molecule is CN=C(NCCNc1ncccc1C(F)(F)F)N1CCN(c2cnn(C)c2)C(=O)C1.